The van der Waals surface area contributed by atoms with Crippen molar-refractivity contribution < 1.29 is 8.42 Å². The fourth-order valence-corrected chi connectivity index (χ4v) is 5.04. The summed E-state index contributed by atoms with van der Waals surface area (Å²) in [6.07, 6.45) is 0.689. The normalized spacial score (nSPS) is 12.0. The Balaban J connectivity index is 2.16. The van der Waals surface area contributed by atoms with Gasteiger partial charge in [0.2, 0.25) is 0 Å². The van der Waals surface area contributed by atoms with Crippen LogP contribution in [0.4, 0.5) is 5.13 Å². The van der Waals surface area contributed by atoms with Crippen molar-refractivity contribution in [3.8, 4) is 0 Å². The Morgan fingerprint density at radius 2 is 2.15 bits per heavy atom. The smallest absolute Gasteiger partial charge is 0.273 e. The number of anilines is 1. The number of nitrogens with one attached hydrogen (secondary N) is 1. The van der Waals surface area contributed by atoms with Crippen LogP contribution in [0.5, 0.6) is 0 Å². The summed E-state index contributed by atoms with van der Waals surface area (Å²) >= 11 is 2.54. The zero-order chi connectivity index (χ0) is 14.8. The van der Waals surface area contributed by atoms with Crippen molar-refractivity contribution in [2.45, 2.75) is 30.4 Å². The van der Waals surface area contributed by atoms with Crippen LogP contribution in [0, 0.1) is 0 Å². The molecule has 0 saturated carbocycles. The molecule has 0 amide bonds. The molecule has 20 heavy (non-hydrogen) atoms. The molecule has 0 spiro atoms. The lowest BCUT2D eigenvalue weighted by Gasteiger charge is -2.02. The van der Waals surface area contributed by atoms with Crippen molar-refractivity contribution in [2.24, 2.45) is 5.73 Å². The molecule has 0 aliphatic heterocycles. The Labute approximate surface area is 126 Å². The quantitative estimate of drug-likeness (QED) is 0.852. The molecule has 0 unspecified atom stereocenters. The van der Waals surface area contributed by atoms with E-state index in [1.165, 1.54) is 22.7 Å². The van der Waals surface area contributed by atoms with Crippen LogP contribution in [0.15, 0.2) is 21.7 Å². The first kappa shape index (κ1) is 15.4. The van der Waals surface area contributed by atoms with Gasteiger partial charge < -0.3 is 5.73 Å². The number of thiazole rings is 1. The molecule has 5 nitrogen and oxygen atoms in total. The maximum atomic E-state index is 12.2. The molecular formula is C12H17N3O2S3. The van der Waals surface area contributed by atoms with E-state index < -0.39 is 10.0 Å². The lowest BCUT2D eigenvalue weighted by Crippen LogP contribution is -2.11. The van der Waals surface area contributed by atoms with Gasteiger partial charge in [0, 0.05) is 10.3 Å². The standard InChI is InChI=1S/C12H17N3O2S3/c1-8(2)10-7-18-12(14-10)15-20(16,17)11-4-3-9(19-11)5-6-13/h3-4,7-8H,5-6,13H2,1-2H3,(H,14,15). The number of thiophene rings is 1. The van der Waals surface area contributed by atoms with E-state index in [0.29, 0.717) is 22.3 Å². The number of nitrogens with two attached hydrogens (primary N) is 1. The molecule has 0 radical (unpaired) electrons. The van der Waals surface area contributed by atoms with Gasteiger partial charge >= 0.3 is 0 Å². The number of aromatic nitrogens is 1. The molecule has 0 atom stereocenters. The van der Waals surface area contributed by atoms with Crippen LogP contribution in [-0.2, 0) is 16.4 Å². The minimum Gasteiger partial charge on any atom is -0.330 e. The summed E-state index contributed by atoms with van der Waals surface area (Å²) in [5.74, 6) is 0.280. The first-order chi connectivity index (χ1) is 9.42. The minimum atomic E-state index is -3.55. The fraction of sp³-hybridized carbons (Fsp3) is 0.417. The number of rotatable bonds is 6. The monoisotopic (exact) mass is 331 g/mol. The van der Waals surface area contributed by atoms with Gasteiger partial charge in [-0.15, -0.1) is 22.7 Å². The van der Waals surface area contributed by atoms with Crippen LogP contribution in [0.3, 0.4) is 0 Å². The lowest BCUT2D eigenvalue weighted by atomic mass is 10.2. The maximum absolute atomic E-state index is 12.2. The molecule has 2 heterocycles. The molecule has 0 saturated heterocycles. The summed E-state index contributed by atoms with van der Waals surface area (Å²) < 4.78 is 27.3. The Morgan fingerprint density at radius 1 is 1.40 bits per heavy atom. The average molecular weight is 331 g/mol. The zero-order valence-corrected chi connectivity index (χ0v) is 13.7. The summed E-state index contributed by atoms with van der Waals surface area (Å²) in [5.41, 5.74) is 6.36. The topological polar surface area (TPSA) is 85.1 Å². The molecule has 0 aromatic carbocycles. The predicted octanol–water partition coefficient (Wildman–Crippen LogP) is 2.63. The number of hydrogen-bond donors (Lipinski definition) is 2. The van der Waals surface area contributed by atoms with Crippen molar-refractivity contribution in [3.05, 3.63) is 28.1 Å². The first-order valence-corrected chi connectivity index (χ1v) is 9.37. The second-order valence-corrected chi connectivity index (χ2v) is 8.53. The first-order valence-electron chi connectivity index (χ1n) is 6.19. The third-order valence-corrected chi connectivity index (χ3v) is 6.51. The van der Waals surface area contributed by atoms with E-state index in [0.717, 1.165) is 10.6 Å². The second kappa shape index (κ2) is 6.21. The van der Waals surface area contributed by atoms with E-state index in [-0.39, 0.29) is 5.92 Å². The van der Waals surface area contributed by atoms with E-state index in [1.807, 2.05) is 19.2 Å². The van der Waals surface area contributed by atoms with Gasteiger partial charge in [-0.3, -0.25) is 4.72 Å². The van der Waals surface area contributed by atoms with E-state index in [1.54, 1.807) is 12.1 Å². The van der Waals surface area contributed by atoms with Crippen LogP contribution in [0.25, 0.3) is 0 Å². The highest BCUT2D eigenvalue weighted by molar-refractivity contribution is 7.94. The molecule has 110 valence electrons. The van der Waals surface area contributed by atoms with Crippen molar-refractivity contribution in [1.82, 2.24) is 4.98 Å². The molecule has 2 aromatic heterocycles. The molecular weight excluding hydrogens is 314 g/mol. The predicted molar refractivity (Wildman–Crippen MR) is 84.1 cm³/mol. The van der Waals surface area contributed by atoms with Gasteiger partial charge in [-0.2, -0.15) is 0 Å². The second-order valence-electron chi connectivity index (χ2n) is 4.60. The molecule has 8 heteroatoms. The Hall–Kier alpha value is -0.960. The van der Waals surface area contributed by atoms with Crippen molar-refractivity contribution in [1.29, 1.82) is 0 Å². The summed E-state index contributed by atoms with van der Waals surface area (Å²) in [5, 5.41) is 2.28. The van der Waals surface area contributed by atoms with Gasteiger partial charge in [0.05, 0.1) is 5.69 Å². The molecule has 2 aromatic rings. The van der Waals surface area contributed by atoms with Crippen LogP contribution in [0.1, 0.15) is 30.3 Å². The highest BCUT2D eigenvalue weighted by atomic mass is 32.2. The van der Waals surface area contributed by atoms with E-state index in [2.05, 4.69) is 9.71 Å². The van der Waals surface area contributed by atoms with Gasteiger partial charge in [-0.25, -0.2) is 13.4 Å². The van der Waals surface area contributed by atoms with Crippen molar-refractivity contribution in [2.75, 3.05) is 11.3 Å². The summed E-state index contributed by atoms with van der Waals surface area (Å²) in [4.78, 5) is 5.24. The largest absolute Gasteiger partial charge is 0.330 e. The highest BCUT2D eigenvalue weighted by Crippen LogP contribution is 2.27. The SMILES string of the molecule is CC(C)c1csc(NS(=O)(=O)c2ccc(CCN)s2)n1. The van der Waals surface area contributed by atoms with Crippen LogP contribution < -0.4 is 10.5 Å². The van der Waals surface area contributed by atoms with E-state index >= 15 is 0 Å². The van der Waals surface area contributed by atoms with E-state index in [9.17, 15) is 8.42 Å². The average Bonchev–Trinajstić information content (AvgIpc) is 2.98. The number of hydrogen-bond acceptors (Lipinski definition) is 6. The Morgan fingerprint density at radius 3 is 2.75 bits per heavy atom. The molecule has 0 aliphatic carbocycles. The Bertz CT molecular complexity index is 674. The van der Waals surface area contributed by atoms with Crippen LogP contribution in [0.2, 0.25) is 0 Å². The summed E-state index contributed by atoms with van der Waals surface area (Å²) in [6, 6.07) is 3.41. The minimum absolute atomic E-state index is 0.280. The molecule has 0 aliphatic rings. The van der Waals surface area contributed by atoms with Crippen molar-refractivity contribution in [3.63, 3.8) is 0 Å². The van der Waals surface area contributed by atoms with Gasteiger partial charge in [-0.1, -0.05) is 13.8 Å². The third kappa shape index (κ3) is 3.57. The van der Waals surface area contributed by atoms with Gasteiger partial charge in [0.1, 0.15) is 4.21 Å². The number of sulfonamides is 1. The molecule has 0 fully saturated rings. The van der Waals surface area contributed by atoms with E-state index in [4.69, 9.17) is 5.73 Å². The molecule has 2 rings (SSSR count). The fourth-order valence-electron chi connectivity index (χ4n) is 1.54. The van der Waals surface area contributed by atoms with Gasteiger partial charge in [-0.05, 0) is 31.0 Å². The Kier molecular flexibility index (Phi) is 4.79. The molecule has 3 N–H and O–H groups in total. The maximum Gasteiger partial charge on any atom is 0.273 e. The lowest BCUT2D eigenvalue weighted by molar-refractivity contribution is 0.603. The summed E-state index contributed by atoms with van der Waals surface area (Å²) in [6.45, 7) is 4.55. The van der Waals surface area contributed by atoms with Crippen LogP contribution in [-0.4, -0.2) is 19.9 Å². The third-order valence-electron chi connectivity index (χ3n) is 2.63. The van der Waals surface area contributed by atoms with Gasteiger partial charge in [0.25, 0.3) is 10.0 Å². The molecule has 0 bridgehead atoms. The highest BCUT2D eigenvalue weighted by Gasteiger charge is 2.19. The number of nitrogens with zero attached hydrogens (tertiary/aromatic N) is 1. The van der Waals surface area contributed by atoms with Crippen molar-refractivity contribution >= 4 is 37.8 Å². The zero-order valence-electron chi connectivity index (χ0n) is 11.3. The summed E-state index contributed by atoms with van der Waals surface area (Å²) in [7, 11) is -3.55. The van der Waals surface area contributed by atoms with Gasteiger partial charge in [0.15, 0.2) is 5.13 Å². The van der Waals surface area contributed by atoms with Crippen LogP contribution >= 0.6 is 22.7 Å².